The van der Waals surface area contributed by atoms with Crippen LogP contribution in [0.2, 0.25) is 0 Å². The van der Waals surface area contributed by atoms with Gasteiger partial charge in [0.05, 0.1) is 27.1 Å². The van der Waals surface area contributed by atoms with E-state index in [0.29, 0.717) is 12.0 Å². The van der Waals surface area contributed by atoms with Crippen molar-refractivity contribution in [1.29, 1.82) is 0 Å². The lowest BCUT2D eigenvalue weighted by Crippen LogP contribution is -2.11. The molecule has 0 aliphatic rings. The summed E-state index contributed by atoms with van der Waals surface area (Å²) in [6.45, 7) is 1.91. The molecule has 0 aliphatic carbocycles. The smallest absolute Gasteiger partial charge is 0.347 e. The van der Waals surface area contributed by atoms with Gasteiger partial charge in [0.2, 0.25) is 11.4 Å². The van der Waals surface area contributed by atoms with Crippen LogP contribution in [0, 0.1) is 23.3 Å². The minimum Gasteiger partial charge on any atom is -0.404 e. The van der Waals surface area contributed by atoms with Gasteiger partial charge >= 0.3 is 11.3 Å². The summed E-state index contributed by atoms with van der Waals surface area (Å²) in [7, 11) is 0. The Bertz CT molecular complexity index is 1450. The third kappa shape index (κ3) is 1.85. The maximum absolute atomic E-state index is 14.4. The summed E-state index contributed by atoms with van der Waals surface area (Å²) >= 11 is 0. The van der Waals surface area contributed by atoms with E-state index in [9.17, 15) is 27.2 Å². The second-order valence-corrected chi connectivity index (χ2v) is 6.52. The van der Waals surface area contributed by atoms with Crippen LogP contribution < -0.4 is 11.3 Å². The number of benzene rings is 2. The van der Waals surface area contributed by atoms with Crippen LogP contribution in [-0.4, -0.2) is 4.40 Å². The molecule has 0 atom stereocenters. The highest BCUT2D eigenvalue weighted by molar-refractivity contribution is 6.09. The SMILES string of the molecule is CCCc1cc2c(=O)oc3c4c(F)c(F)c(F)c(F)c4c4oc(=O)c(c1)c2n34. The summed E-state index contributed by atoms with van der Waals surface area (Å²) in [5.74, 6) is -7.61. The van der Waals surface area contributed by atoms with Gasteiger partial charge in [0.15, 0.2) is 23.3 Å². The Kier molecular flexibility index (Phi) is 3.20. The number of fused-ring (bicyclic) bond motifs is 3. The summed E-state index contributed by atoms with van der Waals surface area (Å²) in [5.41, 5.74) is -2.32. The van der Waals surface area contributed by atoms with Gasteiger partial charge in [-0.05, 0) is 24.1 Å². The highest BCUT2D eigenvalue weighted by atomic mass is 19.2. The van der Waals surface area contributed by atoms with Crippen molar-refractivity contribution in [2.24, 2.45) is 0 Å². The van der Waals surface area contributed by atoms with Gasteiger partial charge in [0.1, 0.15) is 0 Å². The number of halogens is 4. The zero-order chi connectivity index (χ0) is 19.9. The second-order valence-electron chi connectivity index (χ2n) is 6.52. The molecule has 0 unspecified atom stereocenters. The molecule has 5 nitrogen and oxygen atoms in total. The summed E-state index contributed by atoms with van der Waals surface area (Å²) in [6.07, 6.45) is 1.30. The van der Waals surface area contributed by atoms with Crippen molar-refractivity contribution >= 4 is 38.5 Å². The number of rotatable bonds is 2. The largest absolute Gasteiger partial charge is 0.404 e. The monoisotopic (exact) mass is 391 g/mol. The lowest BCUT2D eigenvalue weighted by molar-refractivity contribution is 0.417. The molecule has 5 rings (SSSR count). The average molecular weight is 391 g/mol. The number of aromatic nitrogens is 1. The van der Waals surface area contributed by atoms with E-state index in [1.165, 1.54) is 12.1 Å². The van der Waals surface area contributed by atoms with E-state index in [1.54, 1.807) is 0 Å². The normalized spacial score (nSPS) is 12.3. The molecule has 0 aliphatic heterocycles. The molecule has 5 aromatic rings. The first kappa shape index (κ1) is 16.8. The molecule has 28 heavy (non-hydrogen) atoms. The molecule has 0 bridgehead atoms. The van der Waals surface area contributed by atoms with Crippen LogP contribution >= 0.6 is 0 Å². The molecule has 9 heteroatoms. The zero-order valence-corrected chi connectivity index (χ0v) is 14.2. The molecule has 3 heterocycles. The van der Waals surface area contributed by atoms with E-state index in [-0.39, 0.29) is 16.3 Å². The lowest BCUT2D eigenvalue weighted by Gasteiger charge is -2.08. The van der Waals surface area contributed by atoms with Crippen LogP contribution in [0.4, 0.5) is 17.6 Å². The number of hydrogen-bond donors (Lipinski definition) is 0. The van der Waals surface area contributed by atoms with Gasteiger partial charge in [-0.1, -0.05) is 13.3 Å². The fourth-order valence-electron chi connectivity index (χ4n) is 3.71. The van der Waals surface area contributed by atoms with Crippen molar-refractivity contribution in [3.63, 3.8) is 0 Å². The Balaban J connectivity index is 2.19. The van der Waals surface area contributed by atoms with Crippen molar-refractivity contribution in [3.05, 3.63) is 61.8 Å². The first-order valence-corrected chi connectivity index (χ1v) is 8.37. The average Bonchev–Trinajstić information content (AvgIpc) is 2.99. The van der Waals surface area contributed by atoms with Gasteiger partial charge in [0.25, 0.3) is 0 Å². The molecule has 0 fully saturated rings. The van der Waals surface area contributed by atoms with Gasteiger partial charge in [-0.15, -0.1) is 0 Å². The third-order valence-corrected chi connectivity index (χ3v) is 4.85. The van der Waals surface area contributed by atoms with E-state index in [4.69, 9.17) is 8.83 Å². The van der Waals surface area contributed by atoms with E-state index >= 15 is 0 Å². The van der Waals surface area contributed by atoms with Gasteiger partial charge in [-0.25, -0.2) is 31.6 Å². The predicted octanol–water partition coefficient (Wildman–Crippen LogP) is 4.25. The Labute approximate surface area is 151 Å². The molecular formula is C19H9F4NO4. The summed E-state index contributed by atoms with van der Waals surface area (Å²) in [5, 5.41) is -1.64. The molecule has 0 saturated carbocycles. The van der Waals surface area contributed by atoms with E-state index in [0.717, 1.165) is 10.8 Å². The Morgan fingerprint density at radius 1 is 0.821 bits per heavy atom. The molecule has 0 spiro atoms. The molecule has 3 aromatic heterocycles. The van der Waals surface area contributed by atoms with Crippen LogP contribution in [-0.2, 0) is 6.42 Å². The standard InChI is InChI=1S/C19H9F4NO4/c1-2-3-6-4-7-15-8(5-6)19(26)28-17-10-9(16(24(15)17)27-18(7)25)11(20)13(22)14(23)12(10)21/h4-5H,2-3H2,1H3. The summed E-state index contributed by atoms with van der Waals surface area (Å²) < 4.78 is 67.7. The van der Waals surface area contributed by atoms with Crippen LogP contribution in [0.25, 0.3) is 38.5 Å². The molecule has 0 N–H and O–H groups in total. The van der Waals surface area contributed by atoms with Crippen molar-refractivity contribution < 1.29 is 26.4 Å². The highest BCUT2D eigenvalue weighted by Gasteiger charge is 2.30. The van der Waals surface area contributed by atoms with E-state index < -0.39 is 56.7 Å². The van der Waals surface area contributed by atoms with E-state index in [2.05, 4.69) is 0 Å². The van der Waals surface area contributed by atoms with Crippen molar-refractivity contribution in [3.8, 4) is 0 Å². The van der Waals surface area contributed by atoms with Crippen molar-refractivity contribution in [1.82, 2.24) is 4.40 Å². The fourth-order valence-corrected chi connectivity index (χ4v) is 3.71. The van der Waals surface area contributed by atoms with Gasteiger partial charge in [-0.2, -0.15) is 0 Å². The molecule has 142 valence electrons. The van der Waals surface area contributed by atoms with Crippen molar-refractivity contribution in [2.45, 2.75) is 19.8 Å². The van der Waals surface area contributed by atoms with E-state index in [1.807, 2.05) is 6.92 Å². The van der Waals surface area contributed by atoms with Crippen LogP contribution in [0.15, 0.2) is 30.6 Å². The minimum atomic E-state index is -2.06. The molecule has 0 amide bonds. The maximum Gasteiger partial charge on any atom is 0.347 e. The van der Waals surface area contributed by atoms with Crippen LogP contribution in [0.1, 0.15) is 18.9 Å². The quantitative estimate of drug-likeness (QED) is 0.256. The van der Waals surface area contributed by atoms with Crippen molar-refractivity contribution in [2.75, 3.05) is 0 Å². The molecule has 2 aromatic carbocycles. The van der Waals surface area contributed by atoms with Crippen LogP contribution in [0.3, 0.4) is 0 Å². The third-order valence-electron chi connectivity index (χ3n) is 4.85. The van der Waals surface area contributed by atoms with Crippen LogP contribution in [0.5, 0.6) is 0 Å². The lowest BCUT2D eigenvalue weighted by atomic mass is 10.1. The number of hydrogen-bond acceptors (Lipinski definition) is 4. The van der Waals surface area contributed by atoms with Gasteiger partial charge in [-0.3, -0.25) is 0 Å². The number of nitrogens with zero attached hydrogens (tertiary/aromatic N) is 1. The van der Waals surface area contributed by atoms with Gasteiger partial charge in [0, 0.05) is 0 Å². The summed E-state index contributed by atoms with van der Waals surface area (Å²) in [6, 6.07) is 3.02. The van der Waals surface area contributed by atoms with Gasteiger partial charge < -0.3 is 8.83 Å². The minimum absolute atomic E-state index is 0.00610. The second kappa shape index (κ2) is 5.34. The molecule has 0 radical (unpaired) electrons. The maximum atomic E-state index is 14.4. The predicted molar refractivity (Wildman–Crippen MR) is 92.0 cm³/mol. The topological polar surface area (TPSA) is 64.8 Å². The summed E-state index contributed by atoms with van der Waals surface area (Å²) in [4.78, 5) is 25.0. The Morgan fingerprint density at radius 3 is 1.71 bits per heavy atom. The Morgan fingerprint density at radius 2 is 1.29 bits per heavy atom. The fraction of sp³-hybridized carbons (Fsp3) is 0.158. The first-order valence-electron chi connectivity index (χ1n) is 8.37. The highest BCUT2D eigenvalue weighted by Crippen LogP contribution is 2.37. The molecular weight excluding hydrogens is 382 g/mol. The number of aryl methyl sites for hydroxylation is 1. The zero-order valence-electron chi connectivity index (χ0n) is 14.2. The Hall–Kier alpha value is -3.36. The molecule has 0 saturated heterocycles. The first-order chi connectivity index (χ1) is 13.3.